The monoisotopic (exact) mass is 228 g/mol. The molecule has 0 spiro atoms. The summed E-state index contributed by atoms with van der Waals surface area (Å²) in [7, 11) is 0. The van der Waals surface area contributed by atoms with Crippen molar-refractivity contribution in [3.05, 3.63) is 0 Å². The predicted molar refractivity (Wildman–Crippen MR) is 64.4 cm³/mol. The summed E-state index contributed by atoms with van der Waals surface area (Å²) in [5.41, 5.74) is 0. The van der Waals surface area contributed by atoms with Crippen LogP contribution >= 0.6 is 0 Å². The normalized spacial score (nSPS) is 23.9. The van der Waals surface area contributed by atoms with Gasteiger partial charge in [0.2, 0.25) is 5.91 Å². The summed E-state index contributed by atoms with van der Waals surface area (Å²) in [6, 6.07) is 0.407. The first kappa shape index (κ1) is 13.5. The highest BCUT2D eigenvalue weighted by atomic mass is 16.5. The quantitative estimate of drug-likeness (QED) is 0.781. The lowest BCUT2D eigenvalue weighted by atomic mass is 10.2. The maximum atomic E-state index is 11.9. The first-order valence-electron chi connectivity index (χ1n) is 6.26. The average Bonchev–Trinajstić information content (AvgIpc) is 2.50. The lowest BCUT2D eigenvalue weighted by Gasteiger charge is -2.23. The fraction of sp³-hybridized carbons (Fsp3) is 0.917. The van der Waals surface area contributed by atoms with Crippen LogP contribution in [0.1, 0.15) is 33.6 Å². The molecular formula is C12H24N2O2. The van der Waals surface area contributed by atoms with Crippen LogP contribution in [0.5, 0.6) is 0 Å². The molecule has 0 radical (unpaired) electrons. The minimum Gasteiger partial charge on any atom is -0.377 e. The largest absolute Gasteiger partial charge is 0.377 e. The zero-order chi connectivity index (χ0) is 12.0. The molecule has 4 nitrogen and oxygen atoms in total. The molecule has 1 amide bonds. The number of ether oxygens (including phenoxy) is 1. The highest BCUT2D eigenvalue weighted by Crippen LogP contribution is 2.05. The molecule has 1 aliphatic heterocycles. The van der Waals surface area contributed by atoms with Crippen LogP contribution in [0.2, 0.25) is 0 Å². The summed E-state index contributed by atoms with van der Waals surface area (Å²) in [4.78, 5) is 13.8. The van der Waals surface area contributed by atoms with Crippen molar-refractivity contribution in [2.75, 3.05) is 26.2 Å². The maximum Gasteiger partial charge on any atom is 0.236 e. The number of carbonyl (C=O) groups excluding carboxylic acids is 1. The second kappa shape index (κ2) is 6.86. The van der Waals surface area contributed by atoms with E-state index in [1.807, 2.05) is 11.8 Å². The van der Waals surface area contributed by atoms with Gasteiger partial charge in [0, 0.05) is 25.7 Å². The maximum absolute atomic E-state index is 11.9. The molecule has 16 heavy (non-hydrogen) atoms. The molecule has 1 heterocycles. The third-order valence-corrected chi connectivity index (χ3v) is 3.02. The summed E-state index contributed by atoms with van der Waals surface area (Å²) in [5.74, 6) is 0.192. The molecule has 0 aromatic heterocycles. The van der Waals surface area contributed by atoms with Crippen LogP contribution in [0.15, 0.2) is 0 Å². The van der Waals surface area contributed by atoms with Gasteiger partial charge in [-0.05, 0) is 26.7 Å². The van der Waals surface area contributed by atoms with Gasteiger partial charge >= 0.3 is 0 Å². The molecule has 94 valence electrons. The van der Waals surface area contributed by atoms with Crippen LogP contribution in [-0.4, -0.2) is 49.2 Å². The molecule has 0 aromatic rings. The van der Waals surface area contributed by atoms with Gasteiger partial charge in [0.25, 0.3) is 0 Å². The fourth-order valence-electron chi connectivity index (χ4n) is 1.74. The number of nitrogens with zero attached hydrogens (tertiary/aromatic N) is 1. The zero-order valence-electron chi connectivity index (χ0n) is 10.7. The molecule has 0 saturated carbocycles. The molecule has 2 atom stereocenters. The van der Waals surface area contributed by atoms with Crippen LogP contribution in [0.25, 0.3) is 0 Å². The number of nitrogens with one attached hydrogen (secondary N) is 1. The standard InChI is InChI=1S/C12H24N2O2/c1-4-10(2)13-8-12(15)14-6-5-7-16-11(3)9-14/h10-11,13H,4-9H2,1-3H3. The number of carbonyl (C=O) groups is 1. The van der Waals surface area contributed by atoms with Crippen molar-refractivity contribution in [3.8, 4) is 0 Å². The molecule has 1 N–H and O–H groups in total. The molecule has 0 aliphatic carbocycles. The second-order valence-electron chi connectivity index (χ2n) is 4.56. The van der Waals surface area contributed by atoms with Crippen molar-refractivity contribution in [3.63, 3.8) is 0 Å². The van der Waals surface area contributed by atoms with E-state index < -0.39 is 0 Å². The van der Waals surface area contributed by atoms with E-state index in [0.29, 0.717) is 12.6 Å². The van der Waals surface area contributed by atoms with E-state index in [4.69, 9.17) is 4.74 Å². The Morgan fingerprint density at radius 3 is 3.06 bits per heavy atom. The van der Waals surface area contributed by atoms with E-state index in [2.05, 4.69) is 19.2 Å². The van der Waals surface area contributed by atoms with E-state index in [1.54, 1.807) is 0 Å². The Balaban J connectivity index is 2.34. The van der Waals surface area contributed by atoms with Crippen LogP contribution in [0, 0.1) is 0 Å². The van der Waals surface area contributed by atoms with E-state index in [1.165, 1.54) is 0 Å². The van der Waals surface area contributed by atoms with E-state index in [0.717, 1.165) is 32.5 Å². The Labute approximate surface area is 98.3 Å². The summed E-state index contributed by atoms with van der Waals surface area (Å²) in [5, 5.41) is 3.23. The molecule has 1 rings (SSSR count). The minimum absolute atomic E-state index is 0.162. The molecular weight excluding hydrogens is 204 g/mol. The van der Waals surface area contributed by atoms with E-state index >= 15 is 0 Å². The van der Waals surface area contributed by atoms with Gasteiger partial charge in [0.1, 0.15) is 0 Å². The molecule has 1 fully saturated rings. The van der Waals surface area contributed by atoms with Crippen LogP contribution in [0.4, 0.5) is 0 Å². The Morgan fingerprint density at radius 2 is 2.38 bits per heavy atom. The van der Waals surface area contributed by atoms with Gasteiger partial charge < -0.3 is 15.0 Å². The molecule has 2 unspecified atom stereocenters. The van der Waals surface area contributed by atoms with Crippen LogP contribution in [0.3, 0.4) is 0 Å². The van der Waals surface area contributed by atoms with Crippen molar-refractivity contribution < 1.29 is 9.53 Å². The van der Waals surface area contributed by atoms with Crippen molar-refractivity contribution in [2.45, 2.75) is 45.8 Å². The van der Waals surface area contributed by atoms with Gasteiger partial charge in [-0.15, -0.1) is 0 Å². The Morgan fingerprint density at radius 1 is 1.62 bits per heavy atom. The van der Waals surface area contributed by atoms with Gasteiger partial charge in [-0.1, -0.05) is 6.92 Å². The summed E-state index contributed by atoms with van der Waals surface area (Å²) >= 11 is 0. The van der Waals surface area contributed by atoms with Gasteiger partial charge in [-0.25, -0.2) is 0 Å². The van der Waals surface area contributed by atoms with Crippen molar-refractivity contribution in [2.24, 2.45) is 0 Å². The Bertz CT molecular complexity index is 221. The van der Waals surface area contributed by atoms with Crippen LogP contribution < -0.4 is 5.32 Å². The van der Waals surface area contributed by atoms with Crippen LogP contribution in [-0.2, 0) is 9.53 Å². The number of rotatable bonds is 4. The first-order valence-corrected chi connectivity index (χ1v) is 6.26. The minimum atomic E-state index is 0.162. The van der Waals surface area contributed by atoms with Gasteiger partial charge in [0.05, 0.1) is 12.6 Å². The lowest BCUT2D eigenvalue weighted by Crippen LogP contribution is -2.43. The van der Waals surface area contributed by atoms with E-state index in [9.17, 15) is 4.79 Å². The molecule has 4 heteroatoms. The third-order valence-electron chi connectivity index (χ3n) is 3.02. The number of hydrogen-bond acceptors (Lipinski definition) is 3. The summed E-state index contributed by atoms with van der Waals surface area (Å²) in [6.45, 7) is 9.00. The molecule has 1 saturated heterocycles. The topological polar surface area (TPSA) is 41.6 Å². The smallest absolute Gasteiger partial charge is 0.236 e. The second-order valence-corrected chi connectivity index (χ2v) is 4.56. The van der Waals surface area contributed by atoms with E-state index in [-0.39, 0.29) is 12.0 Å². The highest BCUT2D eigenvalue weighted by molar-refractivity contribution is 5.78. The Kier molecular flexibility index (Phi) is 5.77. The predicted octanol–water partition coefficient (Wildman–Crippen LogP) is 1.01. The number of amides is 1. The SMILES string of the molecule is CCC(C)NCC(=O)N1CCCOC(C)C1. The van der Waals surface area contributed by atoms with Crippen molar-refractivity contribution in [1.82, 2.24) is 10.2 Å². The van der Waals surface area contributed by atoms with Gasteiger partial charge in [0.15, 0.2) is 0 Å². The van der Waals surface area contributed by atoms with Gasteiger partial charge in [-0.2, -0.15) is 0 Å². The summed E-state index contributed by atoms with van der Waals surface area (Å²) in [6.07, 6.45) is 2.15. The highest BCUT2D eigenvalue weighted by Gasteiger charge is 2.19. The van der Waals surface area contributed by atoms with Crippen molar-refractivity contribution in [1.29, 1.82) is 0 Å². The zero-order valence-corrected chi connectivity index (χ0v) is 10.7. The first-order chi connectivity index (χ1) is 7.63. The van der Waals surface area contributed by atoms with Crippen molar-refractivity contribution >= 4 is 5.91 Å². The Hall–Kier alpha value is -0.610. The molecule has 1 aliphatic rings. The van der Waals surface area contributed by atoms with Gasteiger partial charge in [-0.3, -0.25) is 4.79 Å². The average molecular weight is 228 g/mol. The number of hydrogen-bond donors (Lipinski definition) is 1. The summed E-state index contributed by atoms with van der Waals surface area (Å²) < 4.78 is 5.52. The third kappa shape index (κ3) is 4.49. The molecule has 0 bridgehead atoms. The molecule has 0 aromatic carbocycles. The lowest BCUT2D eigenvalue weighted by molar-refractivity contribution is -0.131. The fourth-order valence-corrected chi connectivity index (χ4v) is 1.74.